The van der Waals surface area contributed by atoms with Crippen molar-refractivity contribution in [3.05, 3.63) is 46.0 Å². The van der Waals surface area contributed by atoms with Crippen LogP contribution in [-0.4, -0.2) is 17.8 Å². The van der Waals surface area contributed by atoms with Crippen molar-refractivity contribution in [2.75, 3.05) is 6.54 Å². The third-order valence-corrected chi connectivity index (χ3v) is 3.76. The summed E-state index contributed by atoms with van der Waals surface area (Å²) in [7, 11) is 0. The topological polar surface area (TPSA) is 60.2 Å². The largest absolute Gasteiger partial charge is 0.302 e. The van der Waals surface area contributed by atoms with E-state index < -0.39 is 5.41 Å². The van der Waals surface area contributed by atoms with E-state index in [0.29, 0.717) is 6.42 Å². The SMILES string of the molecule is CCCC[C@H](C[N+](=O)[O-])[C@](C)(C=O)c1ccccc1. The Bertz CT molecular complexity index is 419. The molecule has 0 heterocycles. The van der Waals surface area contributed by atoms with E-state index in [9.17, 15) is 14.9 Å². The smallest absolute Gasteiger partial charge is 0.207 e. The fourth-order valence-corrected chi connectivity index (χ4v) is 2.41. The second kappa shape index (κ2) is 7.02. The maximum Gasteiger partial charge on any atom is 0.207 e. The van der Waals surface area contributed by atoms with Crippen molar-refractivity contribution in [3.63, 3.8) is 0 Å². The normalized spacial score (nSPS) is 15.5. The van der Waals surface area contributed by atoms with Crippen LogP contribution in [0.2, 0.25) is 0 Å². The fraction of sp³-hybridized carbons (Fsp3) is 0.533. The average Bonchev–Trinajstić information content (AvgIpc) is 2.43. The van der Waals surface area contributed by atoms with Crippen LogP contribution in [0.3, 0.4) is 0 Å². The third kappa shape index (κ3) is 3.88. The highest BCUT2D eigenvalue weighted by Crippen LogP contribution is 2.33. The average molecular weight is 263 g/mol. The standard InChI is InChI=1S/C15H21NO3/c1-3-4-8-14(11-16(18)19)15(2,12-17)13-9-6-5-7-10-13/h5-7,9-10,12,14H,3-4,8,11H2,1-2H3/t14-,15-/m1/s1. The molecular formula is C15H21NO3. The van der Waals surface area contributed by atoms with Crippen LogP contribution in [0, 0.1) is 16.0 Å². The molecule has 0 fully saturated rings. The van der Waals surface area contributed by atoms with Gasteiger partial charge in [-0.3, -0.25) is 10.1 Å². The summed E-state index contributed by atoms with van der Waals surface area (Å²) in [6.45, 7) is 3.69. The fourth-order valence-electron chi connectivity index (χ4n) is 2.41. The first-order valence-corrected chi connectivity index (χ1v) is 6.68. The van der Waals surface area contributed by atoms with Gasteiger partial charge in [-0.1, -0.05) is 50.1 Å². The van der Waals surface area contributed by atoms with Crippen molar-refractivity contribution < 1.29 is 9.72 Å². The Morgan fingerprint density at radius 1 is 1.37 bits per heavy atom. The summed E-state index contributed by atoms with van der Waals surface area (Å²) >= 11 is 0. The van der Waals surface area contributed by atoms with Crippen molar-refractivity contribution in [2.24, 2.45) is 5.92 Å². The van der Waals surface area contributed by atoms with Gasteiger partial charge in [0.15, 0.2) is 0 Å². The highest BCUT2D eigenvalue weighted by atomic mass is 16.6. The van der Waals surface area contributed by atoms with Gasteiger partial charge in [0.05, 0.1) is 5.41 Å². The van der Waals surface area contributed by atoms with E-state index in [1.54, 1.807) is 6.92 Å². The third-order valence-electron chi connectivity index (χ3n) is 3.76. The molecule has 0 spiro atoms. The molecule has 0 radical (unpaired) electrons. The molecule has 0 bridgehead atoms. The monoisotopic (exact) mass is 263 g/mol. The van der Waals surface area contributed by atoms with E-state index in [2.05, 4.69) is 0 Å². The number of hydrogen-bond acceptors (Lipinski definition) is 3. The van der Waals surface area contributed by atoms with Gasteiger partial charge in [0.2, 0.25) is 6.54 Å². The van der Waals surface area contributed by atoms with Crippen LogP contribution in [-0.2, 0) is 10.2 Å². The minimum atomic E-state index is -0.788. The van der Waals surface area contributed by atoms with Crippen LogP contribution in [0.5, 0.6) is 0 Å². The maximum absolute atomic E-state index is 11.6. The number of unbranched alkanes of at least 4 members (excludes halogenated alkanes) is 1. The molecule has 4 nitrogen and oxygen atoms in total. The van der Waals surface area contributed by atoms with Gasteiger partial charge in [-0.2, -0.15) is 0 Å². The number of aldehydes is 1. The van der Waals surface area contributed by atoms with Crippen molar-refractivity contribution in [3.8, 4) is 0 Å². The van der Waals surface area contributed by atoms with Crippen LogP contribution in [0.4, 0.5) is 0 Å². The molecule has 104 valence electrons. The molecule has 0 aliphatic heterocycles. The Morgan fingerprint density at radius 3 is 2.47 bits per heavy atom. The highest BCUT2D eigenvalue weighted by molar-refractivity contribution is 5.68. The maximum atomic E-state index is 11.6. The van der Waals surface area contributed by atoms with E-state index >= 15 is 0 Å². The summed E-state index contributed by atoms with van der Waals surface area (Å²) in [6, 6.07) is 9.34. The molecule has 1 aromatic carbocycles. The van der Waals surface area contributed by atoms with Gasteiger partial charge >= 0.3 is 0 Å². The summed E-state index contributed by atoms with van der Waals surface area (Å²) in [6.07, 6.45) is 3.43. The lowest BCUT2D eigenvalue weighted by Crippen LogP contribution is -2.38. The first kappa shape index (κ1) is 15.3. The quantitative estimate of drug-likeness (QED) is 0.411. The molecule has 0 amide bonds. The summed E-state index contributed by atoms with van der Waals surface area (Å²) < 4.78 is 0. The zero-order valence-electron chi connectivity index (χ0n) is 11.5. The summed E-state index contributed by atoms with van der Waals surface area (Å²) in [5, 5.41) is 10.9. The molecule has 19 heavy (non-hydrogen) atoms. The lowest BCUT2D eigenvalue weighted by Gasteiger charge is -2.31. The lowest BCUT2D eigenvalue weighted by molar-refractivity contribution is -0.490. The lowest BCUT2D eigenvalue weighted by atomic mass is 9.71. The van der Waals surface area contributed by atoms with Gasteiger partial charge in [-0.15, -0.1) is 0 Å². The van der Waals surface area contributed by atoms with Crippen molar-refractivity contribution in [1.29, 1.82) is 0 Å². The molecule has 4 heteroatoms. The van der Waals surface area contributed by atoms with Gasteiger partial charge in [0.25, 0.3) is 0 Å². The summed E-state index contributed by atoms with van der Waals surface area (Å²) in [5.74, 6) is -0.262. The first-order valence-electron chi connectivity index (χ1n) is 6.68. The second-order valence-corrected chi connectivity index (χ2v) is 5.12. The zero-order valence-corrected chi connectivity index (χ0v) is 11.5. The minimum absolute atomic E-state index is 0.163. The van der Waals surface area contributed by atoms with Gasteiger partial charge in [-0.05, 0) is 18.9 Å². The van der Waals surface area contributed by atoms with E-state index in [1.165, 1.54) is 0 Å². The predicted octanol–water partition coefficient (Wildman–Crippen LogP) is 3.23. The number of benzene rings is 1. The Balaban J connectivity index is 3.06. The number of nitro groups is 1. The number of carbonyl (C=O) groups is 1. The molecular weight excluding hydrogens is 242 g/mol. The van der Waals surface area contributed by atoms with E-state index in [0.717, 1.165) is 24.7 Å². The summed E-state index contributed by atoms with van der Waals surface area (Å²) in [5.41, 5.74) is 0.0664. The Kier molecular flexibility index (Phi) is 5.67. The number of carbonyl (C=O) groups excluding carboxylic acids is 1. The van der Waals surface area contributed by atoms with E-state index in [4.69, 9.17) is 0 Å². The van der Waals surface area contributed by atoms with Crippen LogP contribution in [0.15, 0.2) is 30.3 Å². The summed E-state index contributed by atoms with van der Waals surface area (Å²) in [4.78, 5) is 22.1. The number of nitrogens with zero attached hydrogens (tertiary/aromatic N) is 1. The molecule has 0 saturated carbocycles. The van der Waals surface area contributed by atoms with Crippen LogP contribution >= 0.6 is 0 Å². The Labute approximate surface area is 114 Å². The minimum Gasteiger partial charge on any atom is -0.302 e. The van der Waals surface area contributed by atoms with E-state index in [-0.39, 0.29) is 17.4 Å². The molecule has 0 N–H and O–H groups in total. The molecule has 0 saturated heterocycles. The van der Waals surface area contributed by atoms with Gasteiger partial charge < -0.3 is 4.79 Å². The van der Waals surface area contributed by atoms with Crippen molar-refractivity contribution in [2.45, 2.75) is 38.5 Å². The number of hydrogen-bond donors (Lipinski definition) is 0. The van der Waals surface area contributed by atoms with Crippen LogP contribution in [0.25, 0.3) is 0 Å². The molecule has 0 unspecified atom stereocenters. The Hall–Kier alpha value is -1.71. The molecule has 2 atom stereocenters. The second-order valence-electron chi connectivity index (χ2n) is 5.12. The van der Waals surface area contributed by atoms with Crippen LogP contribution < -0.4 is 0 Å². The zero-order chi connectivity index (χ0) is 14.3. The molecule has 1 aromatic rings. The highest BCUT2D eigenvalue weighted by Gasteiger charge is 2.38. The number of rotatable bonds is 8. The van der Waals surface area contributed by atoms with Gasteiger partial charge in [0.1, 0.15) is 6.29 Å². The van der Waals surface area contributed by atoms with Gasteiger partial charge in [0, 0.05) is 10.8 Å². The first-order chi connectivity index (χ1) is 9.04. The Morgan fingerprint density at radius 2 is 2.00 bits per heavy atom. The van der Waals surface area contributed by atoms with Crippen molar-refractivity contribution in [1.82, 2.24) is 0 Å². The molecule has 0 aliphatic rings. The van der Waals surface area contributed by atoms with Gasteiger partial charge in [-0.25, -0.2) is 0 Å². The van der Waals surface area contributed by atoms with E-state index in [1.807, 2.05) is 37.3 Å². The molecule has 0 aromatic heterocycles. The predicted molar refractivity (Wildman–Crippen MR) is 74.7 cm³/mol. The molecule has 0 aliphatic carbocycles. The van der Waals surface area contributed by atoms with Crippen molar-refractivity contribution >= 4 is 6.29 Å². The van der Waals surface area contributed by atoms with Crippen LogP contribution in [0.1, 0.15) is 38.7 Å². The molecule has 1 rings (SSSR count).